The number of aromatic nitrogens is 3. The highest BCUT2D eigenvalue weighted by Gasteiger charge is 2.27. The summed E-state index contributed by atoms with van der Waals surface area (Å²) in [6, 6.07) is 25.8. The standard InChI is InChI=1S/C25H23N3O2S/c1-17-14-15-21(16-18(17)2)28-23(20-12-8-5-9-13-20)26-27-25(28)31-22(24(29)30-3)19-10-6-4-7-11-19/h4-16,22H,1-3H3/t22-/m1/s1. The molecule has 0 fully saturated rings. The third-order valence-corrected chi connectivity index (χ3v) is 6.33. The van der Waals surface area contributed by atoms with Gasteiger partial charge in [0.25, 0.3) is 0 Å². The van der Waals surface area contributed by atoms with Gasteiger partial charge in [-0.2, -0.15) is 0 Å². The first kappa shape index (κ1) is 20.9. The van der Waals surface area contributed by atoms with E-state index in [2.05, 4.69) is 42.2 Å². The molecule has 0 unspecified atom stereocenters. The van der Waals surface area contributed by atoms with Crippen molar-refractivity contribution in [1.82, 2.24) is 14.8 Å². The maximum Gasteiger partial charge on any atom is 0.323 e. The summed E-state index contributed by atoms with van der Waals surface area (Å²) in [7, 11) is 1.41. The van der Waals surface area contributed by atoms with E-state index in [-0.39, 0.29) is 5.97 Å². The molecule has 3 aromatic carbocycles. The van der Waals surface area contributed by atoms with E-state index in [1.807, 2.05) is 65.2 Å². The summed E-state index contributed by atoms with van der Waals surface area (Å²) >= 11 is 1.34. The molecule has 0 aliphatic carbocycles. The van der Waals surface area contributed by atoms with Gasteiger partial charge in [0.1, 0.15) is 5.25 Å². The fourth-order valence-corrected chi connectivity index (χ4v) is 4.39. The van der Waals surface area contributed by atoms with Crippen molar-refractivity contribution < 1.29 is 9.53 Å². The van der Waals surface area contributed by atoms with Crippen molar-refractivity contribution in [2.24, 2.45) is 0 Å². The van der Waals surface area contributed by atoms with Crippen molar-refractivity contribution in [2.75, 3.05) is 7.11 Å². The summed E-state index contributed by atoms with van der Waals surface area (Å²) in [5.74, 6) is 0.398. The first-order valence-electron chi connectivity index (χ1n) is 9.96. The van der Waals surface area contributed by atoms with Crippen LogP contribution in [0.2, 0.25) is 0 Å². The number of hydrogen-bond donors (Lipinski definition) is 0. The molecule has 5 nitrogen and oxygen atoms in total. The topological polar surface area (TPSA) is 57.0 Å². The van der Waals surface area contributed by atoms with E-state index >= 15 is 0 Å². The molecule has 0 amide bonds. The summed E-state index contributed by atoms with van der Waals surface area (Å²) in [5.41, 5.74) is 5.15. The van der Waals surface area contributed by atoms with E-state index in [1.165, 1.54) is 30.0 Å². The van der Waals surface area contributed by atoms with Gasteiger partial charge in [-0.25, -0.2) is 0 Å². The van der Waals surface area contributed by atoms with Gasteiger partial charge in [-0.15, -0.1) is 10.2 Å². The van der Waals surface area contributed by atoms with Crippen LogP contribution in [0.5, 0.6) is 0 Å². The van der Waals surface area contributed by atoms with Crippen LogP contribution in [0.4, 0.5) is 0 Å². The molecule has 4 aromatic rings. The molecule has 1 heterocycles. The number of thioether (sulfide) groups is 1. The second kappa shape index (κ2) is 9.18. The fraction of sp³-hybridized carbons (Fsp3) is 0.160. The molecule has 0 spiro atoms. The number of methoxy groups -OCH3 is 1. The lowest BCUT2D eigenvalue weighted by atomic mass is 10.1. The van der Waals surface area contributed by atoms with E-state index in [1.54, 1.807) is 0 Å². The van der Waals surface area contributed by atoms with E-state index < -0.39 is 5.25 Å². The predicted octanol–water partition coefficient (Wildman–Crippen LogP) is 5.56. The average Bonchev–Trinajstić information content (AvgIpc) is 3.23. The first-order valence-corrected chi connectivity index (χ1v) is 10.8. The Morgan fingerprint density at radius 2 is 1.58 bits per heavy atom. The fourth-order valence-electron chi connectivity index (χ4n) is 3.31. The molecule has 156 valence electrons. The Balaban J connectivity index is 1.85. The Kier molecular flexibility index (Phi) is 6.18. The molecule has 6 heteroatoms. The van der Waals surface area contributed by atoms with Gasteiger partial charge in [0.15, 0.2) is 11.0 Å². The number of esters is 1. The second-order valence-electron chi connectivity index (χ2n) is 7.21. The van der Waals surface area contributed by atoms with Crippen molar-refractivity contribution in [3.63, 3.8) is 0 Å². The third-order valence-electron chi connectivity index (χ3n) is 5.15. The summed E-state index contributed by atoms with van der Waals surface area (Å²) in [4.78, 5) is 12.6. The van der Waals surface area contributed by atoms with Crippen molar-refractivity contribution in [1.29, 1.82) is 0 Å². The highest BCUT2D eigenvalue weighted by atomic mass is 32.2. The van der Waals surface area contributed by atoms with Crippen molar-refractivity contribution in [3.05, 3.63) is 95.6 Å². The number of benzene rings is 3. The maximum atomic E-state index is 12.6. The van der Waals surface area contributed by atoms with Crippen LogP contribution in [0.3, 0.4) is 0 Å². The molecule has 1 atom stereocenters. The minimum Gasteiger partial charge on any atom is -0.468 e. The molecule has 0 aliphatic rings. The Bertz CT molecular complexity index is 1190. The summed E-state index contributed by atoms with van der Waals surface area (Å²) in [5, 5.41) is 9.03. The summed E-state index contributed by atoms with van der Waals surface area (Å²) in [6.07, 6.45) is 0. The lowest BCUT2D eigenvalue weighted by Gasteiger charge is -2.16. The largest absolute Gasteiger partial charge is 0.468 e. The zero-order valence-electron chi connectivity index (χ0n) is 17.6. The molecule has 0 radical (unpaired) electrons. The van der Waals surface area contributed by atoms with Crippen molar-refractivity contribution in [3.8, 4) is 17.1 Å². The predicted molar refractivity (Wildman–Crippen MR) is 123 cm³/mol. The normalized spacial score (nSPS) is 11.8. The van der Waals surface area contributed by atoms with Crippen LogP contribution >= 0.6 is 11.8 Å². The zero-order valence-corrected chi connectivity index (χ0v) is 18.5. The van der Waals surface area contributed by atoms with E-state index in [4.69, 9.17) is 4.74 Å². The van der Waals surface area contributed by atoms with E-state index in [0.29, 0.717) is 5.16 Å². The van der Waals surface area contributed by atoms with Gasteiger partial charge >= 0.3 is 5.97 Å². The van der Waals surface area contributed by atoms with Gasteiger partial charge in [-0.05, 0) is 42.7 Å². The summed E-state index contributed by atoms with van der Waals surface area (Å²) < 4.78 is 7.10. The Hall–Kier alpha value is -3.38. The maximum absolute atomic E-state index is 12.6. The number of nitrogens with zero attached hydrogens (tertiary/aromatic N) is 3. The number of aryl methyl sites for hydroxylation is 2. The minimum absolute atomic E-state index is 0.327. The first-order chi connectivity index (χ1) is 15.1. The molecule has 0 N–H and O–H groups in total. The van der Waals surface area contributed by atoms with Crippen molar-refractivity contribution in [2.45, 2.75) is 24.3 Å². The van der Waals surface area contributed by atoms with Crippen LogP contribution in [-0.4, -0.2) is 27.8 Å². The molecular weight excluding hydrogens is 406 g/mol. The molecule has 31 heavy (non-hydrogen) atoms. The van der Waals surface area contributed by atoms with Crippen LogP contribution in [0.25, 0.3) is 17.1 Å². The lowest BCUT2D eigenvalue weighted by molar-refractivity contribution is -0.140. The number of ether oxygens (including phenoxy) is 1. The molecule has 0 aliphatic heterocycles. The molecule has 4 rings (SSSR count). The quantitative estimate of drug-likeness (QED) is 0.297. The SMILES string of the molecule is COC(=O)[C@H](Sc1nnc(-c2ccccc2)n1-c1ccc(C)c(C)c1)c1ccccc1. The zero-order chi connectivity index (χ0) is 21.8. The van der Waals surface area contributed by atoms with Crippen LogP contribution in [0.15, 0.2) is 84.0 Å². The lowest BCUT2D eigenvalue weighted by Crippen LogP contribution is -2.12. The summed E-state index contributed by atoms with van der Waals surface area (Å²) in [6.45, 7) is 4.17. The highest BCUT2D eigenvalue weighted by Crippen LogP contribution is 2.38. The number of carbonyl (C=O) groups is 1. The Morgan fingerprint density at radius 1 is 0.903 bits per heavy atom. The number of hydrogen-bond acceptors (Lipinski definition) is 5. The Labute approximate surface area is 186 Å². The molecular formula is C25H23N3O2S. The van der Waals surface area contributed by atoms with Crippen LogP contribution in [0, 0.1) is 13.8 Å². The molecule has 1 aromatic heterocycles. The van der Waals surface area contributed by atoms with Gasteiger partial charge < -0.3 is 4.74 Å². The van der Waals surface area contributed by atoms with Gasteiger partial charge in [-0.3, -0.25) is 9.36 Å². The highest BCUT2D eigenvalue weighted by molar-refractivity contribution is 8.00. The van der Waals surface area contributed by atoms with Gasteiger partial charge in [-0.1, -0.05) is 78.5 Å². The molecule has 0 saturated heterocycles. The van der Waals surface area contributed by atoms with Gasteiger partial charge in [0.05, 0.1) is 12.8 Å². The second-order valence-corrected chi connectivity index (χ2v) is 8.28. The van der Waals surface area contributed by atoms with E-state index in [9.17, 15) is 4.79 Å². The molecule has 0 bridgehead atoms. The smallest absolute Gasteiger partial charge is 0.323 e. The number of rotatable bonds is 6. The average molecular weight is 430 g/mol. The molecule has 0 saturated carbocycles. The Morgan fingerprint density at radius 3 is 2.23 bits per heavy atom. The van der Waals surface area contributed by atoms with E-state index in [0.717, 1.165) is 22.6 Å². The van der Waals surface area contributed by atoms with Crippen LogP contribution < -0.4 is 0 Å². The third kappa shape index (κ3) is 4.39. The number of carbonyl (C=O) groups excluding carboxylic acids is 1. The van der Waals surface area contributed by atoms with Crippen molar-refractivity contribution >= 4 is 17.7 Å². The van der Waals surface area contributed by atoms with Crippen LogP contribution in [0.1, 0.15) is 21.9 Å². The minimum atomic E-state index is -0.552. The van der Waals surface area contributed by atoms with Gasteiger partial charge in [0.2, 0.25) is 0 Å². The van der Waals surface area contributed by atoms with Crippen LogP contribution in [-0.2, 0) is 9.53 Å². The monoisotopic (exact) mass is 429 g/mol. The van der Waals surface area contributed by atoms with Gasteiger partial charge in [0, 0.05) is 5.56 Å².